The summed E-state index contributed by atoms with van der Waals surface area (Å²) in [6.45, 7) is 2.12. The van der Waals surface area contributed by atoms with Crippen LogP contribution in [-0.4, -0.2) is 0 Å². The number of hydrogen-bond donors (Lipinski definition) is 2. The highest BCUT2D eigenvalue weighted by Crippen LogP contribution is 2.12. The molecule has 0 unspecified atom stereocenters. The zero-order valence-electron chi connectivity index (χ0n) is 7.77. The summed E-state index contributed by atoms with van der Waals surface area (Å²) in [7, 11) is 0. The summed E-state index contributed by atoms with van der Waals surface area (Å²) >= 11 is 0. The van der Waals surface area contributed by atoms with Gasteiger partial charge in [0.2, 0.25) is 0 Å². The number of rotatable bonds is 3. The van der Waals surface area contributed by atoms with E-state index in [1.54, 1.807) is 6.20 Å². The van der Waals surface area contributed by atoms with Crippen molar-refractivity contribution in [3.05, 3.63) is 42.2 Å². The van der Waals surface area contributed by atoms with Crippen molar-refractivity contribution in [3.63, 3.8) is 0 Å². The monoisotopic (exact) mass is 177 g/mol. The van der Waals surface area contributed by atoms with Crippen LogP contribution in [0.5, 0.6) is 0 Å². The third-order valence-electron chi connectivity index (χ3n) is 1.89. The number of nitrogens with two attached hydrogens (primary N) is 2. The molecule has 0 saturated carbocycles. The minimum Gasteiger partial charge on any atom is -0.403 e. The van der Waals surface area contributed by atoms with Crippen LogP contribution in [0.1, 0.15) is 12.5 Å². The van der Waals surface area contributed by atoms with Crippen molar-refractivity contribution in [2.45, 2.75) is 13.3 Å². The third-order valence-corrected chi connectivity index (χ3v) is 1.89. The van der Waals surface area contributed by atoms with Gasteiger partial charge in [-0.25, -0.2) is 5.84 Å². The van der Waals surface area contributed by atoms with E-state index in [0.29, 0.717) is 0 Å². The van der Waals surface area contributed by atoms with Gasteiger partial charge in [0.15, 0.2) is 0 Å². The minimum absolute atomic E-state index is 0.930. The molecule has 0 aliphatic heterocycles. The maximum atomic E-state index is 5.66. The lowest BCUT2D eigenvalue weighted by atomic mass is 10.1. The van der Waals surface area contributed by atoms with Crippen molar-refractivity contribution in [1.82, 2.24) is 0 Å². The van der Waals surface area contributed by atoms with Crippen molar-refractivity contribution >= 4 is 5.69 Å². The maximum absolute atomic E-state index is 5.66. The molecule has 0 fully saturated rings. The van der Waals surface area contributed by atoms with Crippen LogP contribution in [0.25, 0.3) is 0 Å². The van der Waals surface area contributed by atoms with Crippen molar-refractivity contribution in [1.29, 1.82) is 0 Å². The van der Waals surface area contributed by atoms with Gasteiger partial charge in [0.25, 0.3) is 0 Å². The molecule has 1 aromatic rings. The Morgan fingerprint density at radius 2 is 1.92 bits per heavy atom. The van der Waals surface area contributed by atoms with E-state index >= 15 is 0 Å². The molecule has 70 valence electrons. The van der Waals surface area contributed by atoms with Crippen LogP contribution >= 0.6 is 0 Å². The van der Waals surface area contributed by atoms with E-state index < -0.39 is 0 Å². The van der Waals surface area contributed by atoms with Gasteiger partial charge in [0.05, 0.1) is 5.69 Å². The molecule has 0 heterocycles. The number of hydrazine groups is 1. The predicted octanol–water partition coefficient (Wildman–Crippen LogP) is 1.36. The van der Waals surface area contributed by atoms with Crippen molar-refractivity contribution in [2.75, 3.05) is 5.01 Å². The van der Waals surface area contributed by atoms with E-state index in [0.717, 1.165) is 12.1 Å². The number of anilines is 1. The Morgan fingerprint density at radius 3 is 2.38 bits per heavy atom. The fourth-order valence-corrected chi connectivity index (χ4v) is 1.08. The quantitative estimate of drug-likeness (QED) is 0.541. The Kier molecular flexibility index (Phi) is 3.34. The Balaban J connectivity index is 2.79. The van der Waals surface area contributed by atoms with Crippen molar-refractivity contribution in [3.8, 4) is 0 Å². The van der Waals surface area contributed by atoms with Gasteiger partial charge in [0, 0.05) is 12.4 Å². The average Bonchev–Trinajstić information content (AvgIpc) is 2.18. The molecule has 1 aromatic carbocycles. The number of aryl methyl sites for hydroxylation is 1. The van der Waals surface area contributed by atoms with E-state index in [1.807, 2.05) is 12.1 Å². The molecule has 3 heteroatoms. The lowest BCUT2D eigenvalue weighted by molar-refractivity contribution is 1.06. The van der Waals surface area contributed by atoms with Crippen LogP contribution in [0.15, 0.2) is 36.7 Å². The largest absolute Gasteiger partial charge is 0.403 e. The van der Waals surface area contributed by atoms with Crippen LogP contribution in [0.3, 0.4) is 0 Å². The Bertz CT molecular complexity index is 277. The molecule has 0 aliphatic rings. The number of benzene rings is 1. The molecule has 0 spiro atoms. The molecular weight excluding hydrogens is 162 g/mol. The van der Waals surface area contributed by atoms with Gasteiger partial charge in [-0.2, -0.15) is 0 Å². The lowest BCUT2D eigenvalue weighted by Crippen LogP contribution is -2.24. The van der Waals surface area contributed by atoms with Crippen molar-refractivity contribution < 1.29 is 0 Å². The van der Waals surface area contributed by atoms with Gasteiger partial charge in [-0.05, 0) is 24.1 Å². The van der Waals surface area contributed by atoms with E-state index in [4.69, 9.17) is 11.6 Å². The van der Waals surface area contributed by atoms with Gasteiger partial charge >= 0.3 is 0 Å². The summed E-state index contributed by atoms with van der Waals surface area (Å²) in [5, 5.41) is 1.49. The summed E-state index contributed by atoms with van der Waals surface area (Å²) in [6.07, 6.45) is 4.06. The Morgan fingerprint density at radius 1 is 1.31 bits per heavy atom. The Labute approximate surface area is 78.6 Å². The second-order valence-corrected chi connectivity index (χ2v) is 2.77. The highest BCUT2D eigenvalue weighted by molar-refractivity contribution is 5.48. The van der Waals surface area contributed by atoms with E-state index in [1.165, 1.54) is 16.8 Å². The van der Waals surface area contributed by atoms with Crippen LogP contribution in [0.4, 0.5) is 5.69 Å². The molecule has 4 N–H and O–H groups in total. The standard InChI is InChI=1S/C10H15N3/c1-2-9-3-5-10(6-4-9)13(12)8-7-11/h3-8H,2,11-12H2,1H3/b8-7-. The van der Waals surface area contributed by atoms with Crippen molar-refractivity contribution in [2.24, 2.45) is 11.6 Å². The van der Waals surface area contributed by atoms with Crippen LogP contribution in [0.2, 0.25) is 0 Å². The van der Waals surface area contributed by atoms with Crippen LogP contribution < -0.4 is 16.6 Å². The third kappa shape index (κ3) is 2.49. The maximum Gasteiger partial charge on any atom is 0.0569 e. The topological polar surface area (TPSA) is 55.3 Å². The number of nitrogens with zero attached hydrogens (tertiary/aromatic N) is 1. The first kappa shape index (κ1) is 9.61. The average molecular weight is 177 g/mol. The molecule has 0 atom stereocenters. The smallest absolute Gasteiger partial charge is 0.0569 e. The predicted molar refractivity (Wildman–Crippen MR) is 55.8 cm³/mol. The second kappa shape index (κ2) is 4.52. The SMILES string of the molecule is CCc1ccc(N(N)/C=C\N)cc1. The fourth-order valence-electron chi connectivity index (χ4n) is 1.08. The summed E-state index contributed by atoms with van der Waals surface area (Å²) < 4.78 is 0. The molecule has 0 saturated heterocycles. The summed E-state index contributed by atoms with van der Waals surface area (Å²) in [5.74, 6) is 5.66. The molecule has 13 heavy (non-hydrogen) atoms. The minimum atomic E-state index is 0.930. The van der Waals surface area contributed by atoms with Crippen LogP contribution in [-0.2, 0) is 6.42 Å². The van der Waals surface area contributed by atoms with Gasteiger partial charge in [-0.15, -0.1) is 0 Å². The van der Waals surface area contributed by atoms with E-state index in [-0.39, 0.29) is 0 Å². The lowest BCUT2D eigenvalue weighted by Gasteiger charge is -2.13. The zero-order valence-corrected chi connectivity index (χ0v) is 7.77. The molecule has 3 nitrogen and oxygen atoms in total. The molecule has 0 aromatic heterocycles. The highest BCUT2D eigenvalue weighted by atomic mass is 15.4. The second-order valence-electron chi connectivity index (χ2n) is 2.77. The summed E-state index contributed by atoms with van der Waals surface area (Å²) in [6, 6.07) is 8.05. The molecule has 0 radical (unpaired) electrons. The first-order chi connectivity index (χ1) is 6.27. The number of hydrogen-bond acceptors (Lipinski definition) is 3. The highest BCUT2D eigenvalue weighted by Gasteiger charge is 1.95. The summed E-state index contributed by atoms with van der Waals surface area (Å²) in [4.78, 5) is 0. The fraction of sp³-hybridized carbons (Fsp3) is 0.200. The first-order valence-corrected chi connectivity index (χ1v) is 4.29. The summed E-state index contributed by atoms with van der Waals surface area (Å²) in [5.41, 5.74) is 7.45. The normalized spacial score (nSPS) is 10.6. The van der Waals surface area contributed by atoms with Gasteiger partial charge in [-0.3, -0.25) is 5.01 Å². The van der Waals surface area contributed by atoms with Gasteiger partial charge in [0.1, 0.15) is 0 Å². The van der Waals surface area contributed by atoms with Gasteiger partial charge < -0.3 is 5.73 Å². The van der Waals surface area contributed by atoms with Crippen LogP contribution in [0, 0.1) is 0 Å². The molecule has 0 amide bonds. The molecule has 1 rings (SSSR count). The molecular formula is C10H15N3. The van der Waals surface area contributed by atoms with E-state index in [9.17, 15) is 0 Å². The first-order valence-electron chi connectivity index (χ1n) is 4.29. The van der Waals surface area contributed by atoms with E-state index in [2.05, 4.69) is 19.1 Å². The Hall–Kier alpha value is -1.48. The molecule has 0 bridgehead atoms. The molecule has 0 aliphatic carbocycles. The zero-order chi connectivity index (χ0) is 9.68. The van der Waals surface area contributed by atoms with Gasteiger partial charge in [-0.1, -0.05) is 19.1 Å².